The van der Waals surface area contributed by atoms with Gasteiger partial charge in [0.25, 0.3) is 0 Å². The zero-order chi connectivity index (χ0) is 13.3. The van der Waals surface area contributed by atoms with Crippen LogP contribution < -0.4 is 5.43 Å². The molecule has 18 heavy (non-hydrogen) atoms. The lowest BCUT2D eigenvalue weighted by Crippen LogP contribution is -2.20. The molecule has 0 spiro atoms. The van der Waals surface area contributed by atoms with E-state index in [9.17, 15) is 9.59 Å². The van der Waals surface area contributed by atoms with Gasteiger partial charge in [0.05, 0.1) is 12.1 Å². The second-order valence-corrected chi connectivity index (χ2v) is 4.30. The summed E-state index contributed by atoms with van der Waals surface area (Å²) in [7, 11) is 1.75. The summed E-state index contributed by atoms with van der Waals surface area (Å²) in [5.74, 6) is -0.602. The van der Waals surface area contributed by atoms with Gasteiger partial charge in [0, 0.05) is 23.7 Å². The minimum Gasteiger partial charge on any atom is -0.462 e. The van der Waals surface area contributed by atoms with E-state index >= 15 is 0 Å². The van der Waals surface area contributed by atoms with Crippen molar-refractivity contribution in [1.29, 1.82) is 0 Å². The van der Waals surface area contributed by atoms with E-state index in [1.807, 2.05) is 0 Å². The summed E-state index contributed by atoms with van der Waals surface area (Å²) in [6, 6.07) is 4.93. The van der Waals surface area contributed by atoms with E-state index < -0.39 is 5.97 Å². The minimum absolute atomic E-state index is 0.0363. The quantitative estimate of drug-likeness (QED) is 0.783. The Morgan fingerprint density at radius 3 is 2.83 bits per heavy atom. The van der Waals surface area contributed by atoms with E-state index in [2.05, 4.69) is 0 Å². The molecule has 94 valence electrons. The van der Waals surface area contributed by atoms with Crippen LogP contribution >= 0.6 is 11.6 Å². The Morgan fingerprint density at radius 2 is 2.17 bits per heavy atom. The summed E-state index contributed by atoms with van der Waals surface area (Å²) < 4.78 is 6.55. The molecule has 0 atom stereocenters. The van der Waals surface area contributed by atoms with E-state index in [-0.39, 0.29) is 17.6 Å². The van der Waals surface area contributed by atoms with Crippen molar-refractivity contribution in [1.82, 2.24) is 4.57 Å². The Labute approximate surface area is 109 Å². The second-order valence-electron chi connectivity index (χ2n) is 3.86. The number of benzene rings is 1. The van der Waals surface area contributed by atoms with Crippen molar-refractivity contribution in [3.8, 4) is 0 Å². The van der Waals surface area contributed by atoms with Crippen LogP contribution in [0.15, 0.2) is 29.2 Å². The monoisotopic (exact) mass is 265 g/mol. The molecule has 0 radical (unpaired) electrons. The van der Waals surface area contributed by atoms with Crippen molar-refractivity contribution in [3.05, 3.63) is 45.2 Å². The van der Waals surface area contributed by atoms with Gasteiger partial charge in [-0.15, -0.1) is 0 Å². The molecule has 0 fully saturated rings. The first-order valence-corrected chi connectivity index (χ1v) is 5.88. The zero-order valence-electron chi connectivity index (χ0n) is 10.1. The maximum atomic E-state index is 12.2. The van der Waals surface area contributed by atoms with Gasteiger partial charge in [0.2, 0.25) is 5.43 Å². The maximum Gasteiger partial charge on any atom is 0.343 e. The molecule has 2 aromatic rings. The SMILES string of the molecule is CCOC(=O)c1cn(C)c2cc(Cl)ccc2c1=O. The van der Waals surface area contributed by atoms with Crippen LogP contribution in [0.4, 0.5) is 0 Å². The van der Waals surface area contributed by atoms with Crippen molar-refractivity contribution >= 4 is 28.5 Å². The first-order chi connectivity index (χ1) is 8.54. The lowest BCUT2D eigenvalue weighted by Gasteiger charge is -2.08. The van der Waals surface area contributed by atoms with Gasteiger partial charge in [-0.05, 0) is 25.1 Å². The average Bonchev–Trinajstić information content (AvgIpc) is 2.34. The van der Waals surface area contributed by atoms with Gasteiger partial charge in [0.1, 0.15) is 5.56 Å². The van der Waals surface area contributed by atoms with Crippen molar-refractivity contribution in [2.45, 2.75) is 6.92 Å². The molecule has 0 unspecified atom stereocenters. The minimum atomic E-state index is -0.602. The molecule has 0 N–H and O–H groups in total. The fourth-order valence-corrected chi connectivity index (χ4v) is 1.98. The van der Waals surface area contributed by atoms with Crippen LogP contribution in [0.25, 0.3) is 10.9 Å². The highest BCUT2D eigenvalue weighted by Gasteiger charge is 2.15. The van der Waals surface area contributed by atoms with Crippen LogP contribution in [0.1, 0.15) is 17.3 Å². The van der Waals surface area contributed by atoms with Crippen LogP contribution in [0, 0.1) is 0 Å². The molecule has 2 rings (SSSR count). The molecule has 0 amide bonds. The molecule has 0 aliphatic heterocycles. The largest absolute Gasteiger partial charge is 0.462 e. The Balaban J connectivity index is 2.73. The molecule has 1 heterocycles. The van der Waals surface area contributed by atoms with Crippen molar-refractivity contribution in [2.24, 2.45) is 7.05 Å². The number of esters is 1. The topological polar surface area (TPSA) is 48.3 Å². The van der Waals surface area contributed by atoms with E-state index in [1.54, 1.807) is 36.7 Å². The summed E-state index contributed by atoms with van der Waals surface area (Å²) in [4.78, 5) is 23.8. The van der Waals surface area contributed by atoms with Gasteiger partial charge in [-0.1, -0.05) is 11.6 Å². The van der Waals surface area contributed by atoms with E-state index in [0.717, 1.165) is 0 Å². The third-order valence-electron chi connectivity index (χ3n) is 2.65. The maximum absolute atomic E-state index is 12.2. The molecule has 4 nitrogen and oxygen atoms in total. The van der Waals surface area contributed by atoms with E-state index in [0.29, 0.717) is 15.9 Å². The number of carbonyl (C=O) groups excluding carboxylic acids is 1. The highest BCUT2D eigenvalue weighted by atomic mass is 35.5. The summed E-state index contributed by atoms with van der Waals surface area (Å²) >= 11 is 5.89. The molecule has 0 aliphatic rings. The number of aromatic nitrogens is 1. The fraction of sp³-hybridized carbons (Fsp3) is 0.231. The summed E-state index contributed by atoms with van der Waals surface area (Å²) in [5, 5.41) is 0.994. The lowest BCUT2D eigenvalue weighted by atomic mass is 10.1. The molecule has 0 aliphatic carbocycles. The number of rotatable bonds is 2. The highest BCUT2D eigenvalue weighted by Crippen LogP contribution is 2.17. The van der Waals surface area contributed by atoms with Crippen molar-refractivity contribution in [3.63, 3.8) is 0 Å². The Bertz CT molecular complexity index is 676. The van der Waals surface area contributed by atoms with E-state index in [1.165, 1.54) is 6.20 Å². The summed E-state index contributed by atoms with van der Waals surface area (Å²) in [6.45, 7) is 1.93. The number of fused-ring (bicyclic) bond motifs is 1. The molecule has 5 heteroatoms. The normalized spacial score (nSPS) is 10.6. The number of hydrogen-bond donors (Lipinski definition) is 0. The zero-order valence-corrected chi connectivity index (χ0v) is 10.8. The van der Waals surface area contributed by atoms with Gasteiger partial charge < -0.3 is 9.30 Å². The number of aryl methyl sites for hydroxylation is 1. The van der Waals surface area contributed by atoms with Crippen molar-refractivity contribution < 1.29 is 9.53 Å². The van der Waals surface area contributed by atoms with Gasteiger partial charge in [-0.2, -0.15) is 0 Å². The van der Waals surface area contributed by atoms with Crippen LogP contribution in [0.5, 0.6) is 0 Å². The number of hydrogen-bond acceptors (Lipinski definition) is 3. The van der Waals surface area contributed by atoms with E-state index in [4.69, 9.17) is 16.3 Å². The van der Waals surface area contributed by atoms with Gasteiger partial charge in [-0.3, -0.25) is 4.79 Å². The van der Waals surface area contributed by atoms with Crippen LogP contribution in [0.3, 0.4) is 0 Å². The molecule has 1 aromatic heterocycles. The van der Waals surface area contributed by atoms with Gasteiger partial charge >= 0.3 is 5.97 Å². The smallest absolute Gasteiger partial charge is 0.343 e. The third-order valence-corrected chi connectivity index (χ3v) is 2.88. The number of nitrogens with zero attached hydrogens (tertiary/aromatic N) is 1. The predicted octanol–water partition coefficient (Wildman–Crippen LogP) is 2.37. The molecule has 0 saturated heterocycles. The molecule has 1 aromatic carbocycles. The first kappa shape index (κ1) is 12.6. The molecular weight excluding hydrogens is 254 g/mol. The highest BCUT2D eigenvalue weighted by molar-refractivity contribution is 6.31. The predicted molar refractivity (Wildman–Crippen MR) is 70.2 cm³/mol. The molecule has 0 bridgehead atoms. The average molecular weight is 266 g/mol. The third kappa shape index (κ3) is 2.11. The Kier molecular flexibility index (Phi) is 3.39. The fourth-order valence-electron chi connectivity index (χ4n) is 1.81. The summed E-state index contributed by atoms with van der Waals surface area (Å²) in [5.41, 5.74) is 0.382. The number of carbonyl (C=O) groups is 1. The molecular formula is C13H12ClNO3. The standard InChI is InChI=1S/C13H12ClNO3/c1-3-18-13(17)10-7-15(2)11-6-8(14)4-5-9(11)12(10)16/h4-7H,3H2,1-2H3. The number of halogens is 1. The van der Waals surface area contributed by atoms with Gasteiger partial charge in [-0.25, -0.2) is 4.79 Å². The number of pyridine rings is 1. The van der Waals surface area contributed by atoms with Crippen LogP contribution in [0.2, 0.25) is 5.02 Å². The Morgan fingerprint density at radius 1 is 1.44 bits per heavy atom. The summed E-state index contributed by atoms with van der Waals surface area (Å²) in [6.07, 6.45) is 1.47. The first-order valence-electron chi connectivity index (χ1n) is 5.50. The molecule has 0 saturated carbocycles. The Hall–Kier alpha value is -1.81. The second kappa shape index (κ2) is 4.82. The van der Waals surface area contributed by atoms with Crippen LogP contribution in [-0.4, -0.2) is 17.1 Å². The number of ether oxygens (including phenoxy) is 1. The van der Waals surface area contributed by atoms with Gasteiger partial charge in [0.15, 0.2) is 0 Å². The lowest BCUT2D eigenvalue weighted by molar-refractivity contribution is 0.0524. The van der Waals surface area contributed by atoms with Crippen molar-refractivity contribution in [2.75, 3.05) is 6.61 Å². The van der Waals surface area contributed by atoms with Crippen LogP contribution in [-0.2, 0) is 11.8 Å².